The summed E-state index contributed by atoms with van der Waals surface area (Å²) in [5.74, 6) is 2.07. The van der Waals surface area contributed by atoms with Crippen LogP contribution < -0.4 is 10.6 Å². The largest absolute Gasteiger partial charge is 0.314 e. The fourth-order valence-corrected chi connectivity index (χ4v) is 4.02. The maximum Gasteiger partial charge on any atom is 0.00673 e. The lowest BCUT2D eigenvalue weighted by atomic mass is 9.82. The molecule has 2 unspecified atom stereocenters. The highest BCUT2D eigenvalue weighted by molar-refractivity contribution is 4.84. The van der Waals surface area contributed by atoms with E-state index in [1.54, 1.807) is 0 Å². The van der Waals surface area contributed by atoms with E-state index in [4.69, 9.17) is 0 Å². The molecule has 0 radical (unpaired) electrons. The Morgan fingerprint density at radius 2 is 1.06 bits per heavy atom. The second-order valence-electron chi connectivity index (χ2n) is 6.61. The molecular formula is C15H28N2. The predicted octanol–water partition coefficient (Wildman–Crippen LogP) is 2.69. The zero-order chi connectivity index (χ0) is 11.5. The average molecular weight is 236 g/mol. The Bertz CT molecular complexity index is 185. The van der Waals surface area contributed by atoms with E-state index in [1.165, 1.54) is 70.9 Å². The van der Waals surface area contributed by atoms with Crippen LogP contribution in [0.5, 0.6) is 0 Å². The molecule has 0 aromatic heterocycles. The molecule has 2 heteroatoms. The zero-order valence-corrected chi connectivity index (χ0v) is 11.1. The Balaban J connectivity index is 0.000000107. The van der Waals surface area contributed by atoms with Gasteiger partial charge in [-0.2, -0.15) is 0 Å². The maximum absolute atomic E-state index is 3.58. The summed E-state index contributed by atoms with van der Waals surface area (Å²) in [6, 6.07) is 1.80. The molecule has 2 saturated carbocycles. The molecule has 0 aromatic carbocycles. The first kappa shape index (κ1) is 12.0. The Morgan fingerprint density at radius 3 is 1.47 bits per heavy atom. The molecule has 2 aliphatic carbocycles. The van der Waals surface area contributed by atoms with Gasteiger partial charge in [0.2, 0.25) is 0 Å². The summed E-state index contributed by atoms with van der Waals surface area (Å²) < 4.78 is 0. The van der Waals surface area contributed by atoms with Crippen LogP contribution in [0.25, 0.3) is 0 Å². The van der Waals surface area contributed by atoms with E-state index < -0.39 is 0 Å². The van der Waals surface area contributed by atoms with Crippen LogP contribution in [0.15, 0.2) is 0 Å². The van der Waals surface area contributed by atoms with Crippen molar-refractivity contribution >= 4 is 0 Å². The highest BCUT2D eigenvalue weighted by Crippen LogP contribution is 2.28. The van der Waals surface area contributed by atoms with Gasteiger partial charge in [-0.05, 0) is 76.3 Å². The van der Waals surface area contributed by atoms with Crippen LogP contribution in [-0.4, -0.2) is 25.2 Å². The van der Waals surface area contributed by atoms with E-state index in [0.29, 0.717) is 0 Å². The number of piperidine rings is 3. The number of hydrogen-bond acceptors (Lipinski definition) is 2. The van der Waals surface area contributed by atoms with Crippen molar-refractivity contribution in [3.05, 3.63) is 0 Å². The Morgan fingerprint density at radius 1 is 0.529 bits per heavy atom. The van der Waals surface area contributed by atoms with Crippen molar-refractivity contribution in [3.8, 4) is 0 Å². The quantitative estimate of drug-likeness (QED) is 0.676. The fourth-order valence-electron chi connectivity index (χ4n) is 4.02. The second-order valence-corrected chi connectivity index (χ2v) is 6.61. The monoisotopic (exact) mass is 236 g/mol. The van der Waals surface area contributed by atoms with Crippen LogP contribution in [0.1, 0.15) is 57.8 Å². The van der Waals surface area contributed by atoms with Gasteiger partial charge in [-0.1, -0.05) is 6.42 Å². The average Bonchev–Trinajstić information content (AvgIpc) is 2.79. The van der Waals surface area contributed by atoms with Crippen molar-refractivity contribution in [3.63, 3.8) is 0 Å². The van der Waals surface area contributed by atoms with Crippen LogP contribution >= 0.6 is 0 Å². The van der Waals surface area contributed by atoms with Gasteiger partial charge in [-0.3, -0.25) is 0 Å². The molecule has 0 amide bonds. The van der Waals surface area contributed by atoms with E-state index in [0.717, 1.165) is 23.9 Å². The second kappa shape index (κ2) is 5.71. The molecule has 0 aromatic rings. The van der Waals surface area contributed by atoms with Crippen LogP contribution in [0.3, 0.4) is 0 Å². The van der Waals surface area contributed by atoms with Crippen LogP contribution in [0.4, 0.5) is 0 Å². The minimum Gasteiger partial charge on any atom is -0.314 e. The first-order valence-corrected chi connectivity index (χ1v) is 7.87. The normalized spacial score (nSPS) is 43.8. The molecule has 4 heterocycles. The minimum absolute atomic E-state index is 0.892. The van der Waals surface area contributed by atoms with E-state index in [2.05, 4.69) is 10.6 Å². The molecule has 2 nitrogen and oxygen atoms in total. The van der Waals surface area contributed by atoms with Crippen LogP contribution in [0, 0.1) is 11.8 Å². The fraction of sp³-hybridized carbons (Fsp3) is 1.00. The topological polar surface area (TPSA) is 24.1 Å². The Hall–Kier alpha value is -0.0800. The summed E-state index contributed by atoms with van der Waals surface area (Å²) in [4.78, 5) is 0. The van der Waals surface area contributed by atoms with Gasteiger partial charge in [0.15, 0.2) is 0 Å². The Labute approximate surface area is 106 Å². The zero-order valence-electron chi connectivity index (χ0n) is 11.1. The smallest absolute Gasteiger partial charge is 0.00673 e. The lowest BCUT2D eigenvalue weighted by Gasteiger charge is -2.36. The van der Waals surface area contributed by atoms with E-state index in [9.17, 15) is 0 Å². The Kier molecular flexibility index (Phi) is 4.02. The molecule has 4 aliphatic heterocycles. The molecule has 6 fully saturated rings. The standard InChI is InChI=1S/C8H15N.C7H13N/c1-2-7-4-5-8(3-1)9-6-7;1-3-7-4-2-6(1)5-8-7/h7-9H,1-6H2;6-8H,1-5H2. The SMILES string of the molecule is C1CC2CCC(C1)NC2.C1CC2CCC1CN2. The molecule has 2 N–H and O–H groups in total. The van der Waals surface area contributed by atoms with Crippen molar-refractivity contribution in [1.82, 2.24) is 10.6 Å². The molecule has 17 heavy (non-hydrogen) atoms. The molecule has 6 rings (SSSR count). The number of fused-ring (bicyclic) bond motifs is 7. The van der Waals surface area contributed by atoms with Crippen LogP contribution in [0.2, 0.25) is 0 Å². The van der Waals surface area contributed by atoms with Crippen LogP contribution in [-0.2, 0) is 0 Å². The van der Waals surface area contributed by atoms with Gasteiger partial charge in [-0.25, -0.2) is 0 Å². The predicted molar refractivity (Wildman–Crippen MR) is 72.1 cm³/mol. The molecule has 0 spiro atoms. The summed E-state index contributed by atoms with van der Waals surface area (Å²) in [6.45, 7) is 2.62. The van der Waals surface area contributed by atoms with Crippen molar-refractivity contribution in [2.24, 2.45) is 11.8 Å². The highest BCUT2D eigenvalue weighted by atomic mass is 14.9. The molecule has 2 atom stereocenters. The van der Waals surface area contributed by atoms with Gasteiger partial charge >= 0.3 is 0 Å². The van der Waals surface area contributed by atoms with Gasteiger partial charge < -0.3 is 10.6 Å². The number of hydrogen-bond donors (Lipinski definition) is 2. The molecule has 98 valence electrons. The van der Waals surface area contributed by atoms with E-state index in [1.807, 2.05) is 0 Å². The van der Waals surface area contributed by atoms with Crippen molar-refractivity contribution < 1.29 is 0 Å². The third-order valence-electron chi connectivity index (χ3n) is 5.33. The van der Waals surface area contributed by atoms with Gasteiger partial charge in [0.05, 0.1) is 0 Å². The molecular weight excluding hydrogens is 208 g/mol. The van der Waals surface area contributed by atoms with Gasteiger partial charge in [0.25, 0.3) is 0 Å². The third kappa shape index (κ3) is 3.23. The van der Waals surface area contributed by atoms with Crippen molar-refractivity contribution in [2.75, 3.05) is 13.1 Å². The summed E-state index contributed by atoms with van der Waals surface area (Å²) >= 11 is 0. The molecule has 6 aliphatic rings. The number of nitrogens with one attached hydrogen (secondary N) is 2. The first-order valence-electron chi connectivity index (χ1n) is 7.87. The van der Waals surface area contributed by atoms with E-state index in [-0.39, 0.29) is 0 Å². The third-order valence-corrected chi connectivity index (χ3v) is 5.33. The first-order chi connectivity index (χ1) is 8.40. The highest BCUT2D eigenvalue weighted by Gasteiger charge is 2.26. The summed E-state index contributed by atoms with van der Waals surface area (Å²) in [7, 11) is 0. The van der Waals surface area contributed by atoms with Gasteiger partial charge in [0.1, 0.15) is 0 Å². The molecule has 4 bridgehead atoms. The van der Waals surface area contributed by atoms with E-state index >= 15 is 0 Å². The molecule has 4 saturated heterocycles. The lowest BCUT2D eigenvalue weighted by molar-refractivity contribution is 0.213. The van der Waals surface area contributed by atoms with Crippen molar-refractivity contribution in [2.45, 2.75) is 69.9 Å². The summed E-state index contributed by atoms with van der Waals surface area (Å²) in [5, 5.41) is 7.10. The van der Waals surface area contributed by atoms with Gasteiger partial charge in [0, 0.05) is 12.1 Å². The number of rotatable bonds is 0. The summed E-state index contributed by atoms with van der Waals surface area (Å²) in [6.07, 6.45) is 13.2. The summed E-state index contributed by atoms with van der Waals surface area (Å²) in [5.41, 5.74) is 0. The van der Waals surface area contributed by atoms with Gasteiger partial charge in [-0.15, -0.1) is 0 Å². The minimum atomic E-state index is 0.892. The lowest BCUT2D eigenvalue weighted by Crippen LogP contribution is -2.44. The maximum atomic E-state index is 3.58. The van der Waals surface area contributed by atoms with Crippen molar-refractivity contribution in [1.29, 1.82) is 0 Å².